The summed E-state index contributed by atoms with van der Waals surface area (Å²) < 4.78 is 5.37. The van der Waals surface area contributed by atoms with Crippen LogP contribution in [-0.2, 0) is 6.54 Å². The number of hydrogen-bond donors (Lipinski definition) is 2. The smallest absolute Gasteiger partial charge is 0.227 e. The van der Waals surface area contributed by atoms with Crippen LogP contribution < -0.4 is 15.8 Å². The molecule has 18 heavy (non-hydrogen) atoms. The summed E-state index contributed by atoms with van der Waals surface area (Å²) >= 11 is 0. The van der Waals surface area contributed by atoms with E-state index in [9.17, 15) is 0 Å². The van der Waals surface area contributed by atoms with Gasteiger partial charge in [-0.1, -0.05) is 0 Å². The first kappa shape index (κ1) is 12.3. The molecule has 2 aromatic rings. The number of aromatic nitrogens is 2. The maximum atomic E-state index is 5.53. The zero-order valence-corrected chi connectivity index (χ0v) is 10.3. The van der Waals surface area contributed by atoms with Crippen molar-refractivity contribution in [3.63, 3.8) is 0 Å². The monoisotopic (exact) mass is 244 g/mol. The highest BCUT2D eigenvalue weighted by Gasteiger charge is 1.99. The van der Waals surface area contributed by atoms with Crippen LogP contribution in [0.15, 0.2) is 36.5 Å². The lowest BCUT2D eigenvalue weighted by molar-refractivity contribution is 0.340. The van der Waals surface area contributed by atoms with Crippen LogP contribution in [0.2, 0.25) is 0 Å². The predicted molar refractivity (Wildman–Crippen MR) is 70.8 cm³/mol. The van der Waals surface area contributed by atoms with Crippen LogP contribution in [0.25, 0.3) is 0 Å². The van der Waals surface area contributed by atoms with E-state index in [2.05, 4.69) is 15.3 Å². The van der Waals surface area contributed by atoms with Crippen LogP contribution in [0.1, 0.15) is 12.6 Å². The first-order valence-electron chi connectivity index (χ1n) is 5.83. The second kappa shape index (κ2) is 5.97. The molecule has 0 aliphatic rings. The summed E-state index contributed by atoms with van der Waals surface area (Å²) in [6.07, 6.45) is 1.69. The standard InChI is InChI=1S/C13H16N4O/c1-2-18-12-5-3-10(4-6-12)16-13-15-8-7-11(9-14)17-13/h3-8H,2,9,14H2,1H3,(H,15,16,17). The second-order valence-corrected chi connectivity index (χ2v) is 3.66. The van der Waals surface area contributed by atoms with Crippen molar-refractivity contribution >= 4 is 11.6 Å². The first-order valence-corrected chi connectivity index (χ1v) is 5.83. The molecular formula is C13H16N4O. The van der Waals surface area contributed by atoms with Crippen molar-refractivity contribution in [3.8, 4) is 5.75 Å². The van der Waals surface area contributed by atoms with Gasteiger partial charge in [0.25, 0.3) is 0 Å². The molecule has 5 nitrogen and oxygen atoms in total. The van der Waals surface area contributed by atoms with Crippen LogP contribution >= 0.6 is 0 Å². The summed E-state index contributed by atoms with van der Waals surface area (Å²) in [5.41, 5.74) is 7.24. The van der Waals surface area contributed by atoms with Gasteiger partial charge in [0.15, 0.2) is 0 Å². The highest BCUT2D eigenvalue weighted by atomic mass is 16.5. The lowest BCUT2D eigenvalue weighted by Gasteiger charge is -2.07. The van der Waals surface area contributed by atoms with E-state index >= 15 is 0 Å². The number of nitrogens with two attached hydrogens (primary N) is 1. The molecule has 3 N–H and O–H groups in total. The van der Waals surface area contributed by atoms with Gasteiger partial charge in [-0.15, -0.1) is 0 Å². The van der Waals surface area contributed by atoms with Gasteiger partial charge in [0, 0.05) is 18.4 Å². The topological polar surface area (TPSA) is 73.1 Å². The molecule has 2 rings (SSSR count). The zero-order valence-electron chi connectivity index (χ0n) is 10.3. The molecule has 0 atom stereocenters. The number of hydrogen-bond acceptors (Lipinski definition) is 5. The summed E-state index contributed by atoms with van der Waals surface area (Å²) in [5, 5.41) is 3.11. The molecule has 0 aliphatic carbocycles. The van der Waals surface area contributed by atoms with Crippen molar-refractivity contribution in [1.82, 2.24) is 9.97 Å². The molecular weight excluding hydrogens is 228 g/mol. The second-order valence-electron chi connectivity index (χ2n) is 3.66. The third-order valence-corrected chi connectivity index (χ3v) is 2.34. The number of benzene rings is 1. The Hall–Kier alpha value is -2.14. The van der Waals surface area contributed by atoms with Crippen LogP contribution in [0.5, 0.6) is 5.75 Å². The normalized spacial score (nSPS) is 10.1. The summed E-state index contributed by atoms with van der Waals surface area (Å²) in [7, 11) is 0. The lowest BCUT2D eigenvalue weighted by Crippen LogP contribution is -2.03. The van der Waals surface area contributed by atoms with Gasteiger partial charge >= 0.3 is 0 Å². The molecule has 0 spiro atoms. The van der Waals surface area contributed by atoms with Crippen molar-refractivity contribution < 1.29 is 4.74 Å². The fourth-order valence-corrected chi connectivity index (χ4v) is 1.50. The Morgan fingerprint density at radius 2 is 2.00 bits per heavy atom. The minimum absolute atomic E-state index is 0.403. The number of nitrogens with zero attached hydrogens (tertiary/aromatic N) is 2. The van der Waals surface area contributed by atoms with Crippen molar-refractivity contribution in [2.45, 2.75) is 13.5 Å². The summed E-state index contributed by atoms with van der Waals surface area (Å²) in [5.74, 6) is 1.39. The van der Waals surface area contributed by atoms with Crippen molar-refractivity contribution in [3.05, 3.63) is 42.2 Å². The van der Waals surface area contributed by atoms with Gasteiger partial charge in [-0.05, 0) is 37.3 Å². The molecule has 0 fully saturated rings. The Bertz CT molecular complexity index is 499. The van der Waals surface area contributed by atoms with Gasteiger partial charge in [0.2, 0.25) is 5.95 Å². The average Bonchev–Trinajstić information content (AvgIpc) is 2.42. The number of ether oxygens (including phenoxy) is 1. The maximum Gasteiger partial charge on any atom is 0.227 e. The van der Waals surface area contributed by atoms with E-state index in [1.165, 1.54) is 0 Å². The van der Waals surface area contributed by atoms with E-state index in [0.717, 1.165) is 17.1 Å². The number of anilines is 2. The SMILES string of the molecule is CCOc1ccc(Nc2nccc(CN)n2)cc1. The Balaban J connectivity index is 2.08. The average molecular weight is 244 g/mol. The largest absolute Gasteiger partial charge is 0.494 e. The van der Waals surface area contributed by atoms with Crippen LogP contribution in [-0.4, -0.2) is 16.6 Å². The molecule has 0 bridgehead atoms. The maximum absolute atomic E-state index is 5.53. The van der Waals surface area contributed by atoms with E-state index < -0.39 is 0 Å². The molecule has 0 saturated heterocycles. The van der Waals surface area contributed by atoms with Gasteiger partial charge in [0.05, 0.1) is 12.3 Å². The van der Waals surface area contributed by atoms with E-state index in [-0.39, 0.29) is 0 Å². The van der Waals surface area contributed by atoms with Crippen molar-refractivity contribution in [1.29, 1.82) is 0 Å². The third kappa shape index (κ3) is 3.18. The number of rotatable bonds is 5. The molecule has 1 aromatic heterocycles. The van der Waals surface area contributed by atoms with E-state index in [4.69, 9.17) is 10.5 Å². The highest BCUT2D eigenvalue weighted by Crippen LogP contribution is 2.18. The van der Waals surface area contributed by atoms with Gasteiger partial charge in [0.1, 0.15) is 5.75 Å². The Labute approximate surface area is 106 Å². The molecule has 1 heterocycles. The van der Waals surface area contributed by atoms with Crippen LogP contribution in [0.4, 0.5) is 11.6 Å². The lowest BCUT2D eigenvalue weighted by atomic mass is 10.3. The molecule has 94 valence electrons. The molecule has 5 heteroatoms. The van der Waals surface area contributed by atoms with Crippen LogP contribution in [0.3, 0.4) is 0 Å². The third-order valence-electron chi connectivity index (χ3n) is 2.34. The Morgan fingerprint density at radius 3 is 2.67 bits per heavy atom. The van der Waals surface area contributed by atoms with E-state index in [1.54, 1.807) is 12.3 Å². The molecule has 0 aliphatic heterocycles. The quantitative estimate of drug-likeness (QED) is 0.842. The molecule has 0 amide bonds. The first-order chi connectivity index (χ1) is 8.81. The Kier molecular flexibility index (Phi) is 4.09. The van der Waals surface area contributed by atoms with Gasteiger partial charge < -0.3 is 15.8 Å². The van der Waals surface area contributed by atoms with E-state index in [0.29, 0.717) is 19.1 Å². The van der Waals surface area contributed by atoms with Gasteiger partial charge in [-0.25, -0.2) is 9.97 Å². The number of nitrogens with one attached hydrogen (secondary N) is 1. The predicted octanol–water partition coefficient (Wildman–Crippen LogP) is 2.08. The fourth-order valence-electron chi connectivity index (χ4n) is 1.50. The zero-order chi connectivity index (χ0) is 12.8. The van der Waals surface area contributed by atoms with Crippen molar-refractivity contribution in [2.75, 3.05) is 11.9 Å². The van der Waals surface area contributed by atoms with E-state index in [1.807, 2.05) is 31.2 Å². The fraction of sp³-hybridized carbons (Fsp3) is 0.231. The minimum atomic E-state index is 0.403. The van der Waals surface area contributed by atoms with Crippen LogP contribution in [0, 0.1) is 0 Å². The highest BCUT2D eigenvalue weighted by molar-refractivity contribution is 5.54. The summed E-state index contributed by atoms with van der Waals surface area (Å²) in [6.45, 7) is 3.02. The summed E-state index contributed by atoms with van der Waals surface area (Å²) in [6, 6.07) is 9.44. The minimum Gasteiger partial charge on any atom is -0.494 e. The molecule has 1 aromatic carbocycles. The Morgan fingerprint density at radius 1 is 1.22 bits per heavy atom. The van der Waals surface area contributed by atoms with Gasteiger partial charge in [-0.2, -0.15) is 0 Å². The molecule has 0 unspecified atom stereocenters. The molecule has 0 radical (unpaired) electrons. The molecule has 0 saturated carbocycles. The van der Waals surface area contributed by atoms with Crippen molar-refractivity contribution in [2.24, 2.45) is 5.73 Å². The van der Waals surface area contributed by atoms with Gasteiger partial charge in [-0.3, -0.25) is 0 Å². The summed E-state index contributed by atoms with van der Waals surface area (Å²) in [4.78, 5) is 8.40.